The van der Waals surface area contributed by atoms with E-state index >= 15 is 0 Å². The number of hydrogen-bond donors (Lipinski definition) is 2. The number of hydrogen-bond acceptors (Lipinski definition) is 5. The van der Waals surface area contributed by atoms with Crippen LogP contribution in [0.2, 0.25) is 0 Å². The Kier molecular flexibility index (Phi) is 5.53. The molecule has 8 heteroatoms. The third-order valence-electron chi connectivity index (χ3n) is 4.71. The Morgan fingerprint density at radius 1 is 1.27 bits per heavy atom. The lowest BCUT2D eigenvalue weighted by Gasteiger charge is -2.21. The first-order valence-electron chi connectivity index (χ1n) is 8.85. The van der Waals surface area contributed by atoms with Crippen LogP contribution in [0.1, 0.15) is 30.9 Å². The van der Waals surface area contributed by atoms with Gasteiger partial charge in [0, 0.05) is 26.6 Å². The molecule has 0 radical (unpaired) electrons. The number of carbonyl (C=O) groups is 2. The minimum absolute atomic E-state index is 0.234. The number of nitrogens with zero attached hydrogens (tertiary/aromatic N) is 2. The molecular formula is C18H24N4O4. The van der Waals surface area contributed by atoms with Crippen molar-refractivity contribution >= 4 is 22.8 Å². The molecule has 3 rings (SSSR count). The number of nitrogens with one attached hydrogen (secondary N) is 1. The first-order chi connectivity index (χ1) is 12.5. The Morgan fingerprint density at radius 2 is 2.08 bits per heavy atom. The highest BCUT2D eigenvalue weighted by molar-refractivity contribution is 6.00. The van der Waals surface area contributed by atoms with E-state index in [1.807, 2.05) is 18.2 Å². The normalized spacial score (nSPS) is 17.7. The molecule has 3 N–H and O–H groups in total. The second-order valence-corrected chi connectivity index (χ2v) is 6.47. The Hall–Kier alpha value is -2.45. The topological polar surface area (TPSA) is 108 Å². The molecule has 1 aromatic heterocycles. The molecule has 1 aromatic carbocycles. The maximum absolute atomic E-state index is 12.8. The van der Waals surface area contributed by atoms with Crippen molar-refractivity contribution in [1.82, 2.24) is 14.5 Å². The summed E-state index contributed by atoms with van der Waals surface area (Å²) in [6, 6.07) is 5.06. The summed E-state index contributed by atoms with van der Waals surface area (Å²) in [5.41, 5.74) is 7.73. The van der Waals surface area contributed by atoms with Gasteiger partial charge in [0.25, 0.3) is 0 Å². The smallest absolute Gasteiger partial charge is 0.329 e. The molecule has 1 aliphatic rings. The largest absolute Gasteiger partial charge is 0.380 e. The Morgan fingerprint density at radius 3 is 2.81 bits per heavy atom. The number of nitrogens with two attached hydrogens (primary N) is 1. The van der Waals surface area contributed by atoms with Crippen LogP contribution in [0.3, 0.4) is 0 Å². The zero-order valence-corrected chi connectivity index (χ0v) is 14.9. The third kappa shape index (κ3) is 3.42. The van der Waals surface area contributed by atoms with Gasteiger partial charge in [0.15, 0.2) is 0 Å². The van der Waals surface area contributed by atoms with Crippen LogP contribution in [0.15, 0.2) is 23.0 Å². The van der Waals surface area contributed by atoms with Crippen molar-refractivity contribution in [2.45, 2.75) is 31.7 Å². The fourth-order valence-electron chi connectivity index (χ4n) is 3.50. The van der Waals surface area contributed by atoms with Crippen molar-refractivity contribution in [2.24, 2.45) is 12.8 Å². The van der Waals surface area contributed by atoms with Gasteiger partial charge < -0.3 is 10.5 Å². The number of ether oxygens (including phenoxy) is 1. The highest BCUT2D eigenvalue weighted by Gasteiger charge is 2.31. The molecule has 1 fully saturated rings. The van der Waals surface area contributed by atoms with E-state index in [2.05, 4.69) is 5.32 Å². The second-order valence-electron chi connectivity index (χ2n) is 6.47. The Balaban J connectivity index is 1.93. The highest BCUT2D eigenvalue weighted by Crippen LogP contribution is 2.25. The van der Waals surface area contributed by atoms with Crippen LogP contribution in [0.25, 0.3) is 11.0 Å². The predicted octanol–water partition coefficient (Wildman–Crippen LogP) is 0.226. The summed E-state index contributed by atoms with van der Waals surface area (Å²) in [4.78, 5) is 36.5. The van der Waals surface area contributed by atoms with E-state index in [0.717, 1.165) is 23.9 Å². The van der Waals surface area contributed by atoms with E-state index in [0.29, 0.717) is 31.7 Å². The third-order valence-corrected chi connectivity index (χ3v) is 4.71. The fourth-order valence-corrected chi connectivity index (χ4v) is 3.50. The van der Waals surface area contributed by atoms with Crippen LogP contribution in [-0.4, -0.2) is 40.7 Å². The van der Waals surface area contributed by atoms with Crippen LogP contribution in [-0.2, 0) is 27.8 Å². The van der Waals surface area contributed by atoms with Crippen LogP contribution < -0.4 is 16.7 Å². The van der Waals surface area contributed by atoms with E-state index in [9.17, 15) is 14.4 Å². The molecule has 1 unspecified atom stereocenters. The highest BCUT2D eigenvalue weighted by atomic mass is 16.5. The molecule has 26 heavy (non-hydrogen) atoms. The number of imidazole rings is 1. The lowest BCUT2D eigenvalue weighted by molar-refractivity contribution is -0.135. The number of para-hydroxylation sites is 1. The number of imide groups is 1. The summed E-state index contributed by atoms with van der Waals surface area (Å²) in [6.07, 6.45) is 2.14. The molecular weight excluding hydrogens is 336 g/mol. The molecule has 1 atom stereocenters. The molecule has 2 heterocycles. The summed E-state index contributed by atoms with van der Waals surface area (Å²) < 4.78 is 8.50. The number of fused-ring (bicyclic) bond motifs is 1. The minimum atomic E-state index is -0.660. The maximum atomic E-state index is 12.8. The van der Waals surface area contributed by atoms with Gasteiger partial charge in [0.05, 0.1) is 17.6 Å². The standard InChI is InChI=1S/C18H24N4O4/c1-21-16-12(5-3-10-26-11-9-19)4-2-6-13(16)22(18(21)25)14-7-8-15(23)20-17(14)24/h2,4,6,14H,3,5,7-11,19H2,1H3,(H,20,23,24). The van der Waals surface area contributed by atoms with Crippen molar-refractivity contribution in [3.63, 3.8) is 0 Å². The maximum Gasteiger partial charge on any atom is 0.329 e. The van der Waals surface area contributed by atoms with Gasteiger partial charge in [-0.15, -0.1) is 0 Å². The lowest BCUT2D eigenvalue weighted by atomic mass is 10.0. The van der Waals surface area contributed by atoms with Gasteiger partial charge in [0.2, 0.25) is 11.8 Å². The number of benzene rings is 1. The van der Waals surface area contributed by atoms with Crippen LogP contribution in [0, 0.1) is 0 Å². The van der Waals surface area contributed by atoms with Crippen LogP contribution in [0.5, 0.6) is 0 Å². The zero-order chi connectivity index (χ0) is 18.7. The SMILES string of the molecule is Cn1c(=O)n(C2CCC(=O)NC2=O)c2cccc(CCCOCCN)c21. The summed E-state index contributed by atoms with van der Waals surface area (Å²) in [5, 5.41) is 2.32. The van der Waals surface area contributed by atoms with E-state index in [-0.39, 0.29) is 18.0 Å². The average molecular weight is 360 g/mol. The second kappa shape index (κ2) is 7.84. The van der Waals surface area contributed by atoms with Crippen molar-refractivity contribution in [1.29, 1.82) is 0 Å². The van der Waals surface area contributed by atoms with E-state index in [1.54, 1.807) is 11.6 Å². The summed E-state index contributed by atoms with van der Waals surface area (Å²) in [6.45, 7) is 1.64. The van der Waals surface area contributed by atoms with Gasteiger partial charge in [-0.1, -0.05) is 12.1 Å². The van der Waals surface area contributed by atoms with Crippen molar-refractivity contribution in [3.8, 4) is 0 Å². The van der Waals surface area contributed by atoms with E-state index in [4.69, 9.17) is 10.5 Å². The number of aromatic nitrogens is 2. The molecule has 2 aromatic rings. The van der Waals surface area contributed by atoms with Crippen LogP contribution in [0.4, 0.5) is 0 Å². The minimum Gasteiger partial charge on any atom is -0.380 e. The molecule has 2 amide bonds. The number of aryl methyl sites for hydroxylation is 2. The molecule has 1 saturated heterocycles. The number of piperidine rings is 1. The number of carbonyl (C=O) groups excluding carboxylic acids is 2. The predicted molar refractivity (Wildman–Crippen MR) is 96.8 cm³/mol. The quantitative estimate of drug-likeness (QED) is 0.543. The van der Waals surface area contributed by atoms with Gasteiger partial charge in [-0.2, -0.15) is 0 Å². The first kappa shape index (κ1) is 18.3. The summed E-state index contributed by atoms with van der Waals surface area (Å²) in [5.74, 6) is -0.714. The monoisotopic (exact) mass is 360 g/mol. The van der Waals surface area contributed by atoms with Crippen molar-refractivity contribution in [3.05, 3.63) is 34.2 Å². The zero-order valence-electron chi connectivity index (χ0n) is 14.9. The van der Waals surface area contributed by atoms with Crippen molar-refractivity contribution in [2.75, 3.05) is 19.8 Å². The Labute approximate surface area is 150 Å². The lowest BCUT2D eigenvalue weighted by Crippen LogP contribution is -2.44. The summed E-state index contributed by atoms with van der Waals surface area (Å²) in [7, 11) is 1.71. The Bertz CT molecular complexity index is 883. The molecule has 0 spiro atoms. The average Bonchev–Trinajstić information content (AvgIpc) is 2.87. The molecule has 0 saturated carbocycles. The van der Waals surface area contributed by atoms with Crippen LogP contribution >= 0.6 is 0 Å². The molecule has 140 valence electrons. The fraction of sp³-hybridized carbons (Fsp3) is 0.500. The van der Waals surface area contributed by atoms with Gasteiger partial charge in [-0.05, 0) is 30.9 Å². The van der Waals surface area contributed by atoms with E-state index in [1.165, 1.54) is 4.57 Å². The molecule has 0 bridgehead atoms. The van der Waals surface area contributed by atoms with Gasteiger partial charge in [-0.3, -0.25) is 24.0 Å². The molecule has 0 aliphatic carbocycles. The van der Waals surface area contributed by atoms with Gasteiger partial charge in [-0.25, -0.2) is 4.79 Å². The number of amides is 2. The molecule has 1 aliphatic heterocycles. The van der Waals surface area contributed by atoms with Crippen molar-refractivity contribution < 1.29 is 14.3 Å². The summed E-state index contributed by atoms with van der Waals surface area (Å²) >= 11 is 0. The molecule has 8 nitrogen and oxygen atoms in total. The van der Waals surface area contributed by atoms with Gasteiger partial charge >= 0.3 is 5.69 Å². The first-order valence-corrected chi connectivity index (χ1v) is 8.85. The van der Waals surface area contributed by atoms with E-state index < -0.39 is 11.9 Å². The number of rotatable bonds is 7. The van der Waals surface area contributed by atoms with Gasteiger partial charge in [0.1, 0.15) is 6.04 Å².